The van der Waals surface area contributed by atoms with Crippen LogP contribution in [0.15, 0.2) is 72.1 Å². The molecule has 0 radical (unpaired) electrons. The Morgan fingerprint density at radius 3 is 2.44 bits per heavy atom. The van der Waals surface area contributed by atoms with E-state index in [-0.39, 0.29) is 11.8 Å². The van der Waals surface area contributed by atoms with Gasteiger partial charge < -0.3 is 4.90 Å². The molecule has 10 heteroatoms. The van der Waals surface area contributed by atoms with Crippen molar-refractivity contribution in [2.45, 2.75) is 18.0 Å². The van der Waals surface area contributed by atoms with Gasteiger partial charge in [0, 0.05) is 57.3 Å². The SMILES string of the molecule is CN1C(=O)N(c2cc(Cl)cc(Cl)c2)C(=O)C12CN(Cc1ccc(-c3cccs3)s1)CC2c1ccc(C#N)cc1. The quantitative estimate of drug-likeness (QED) is 0.232. The van der Waals surface area contributed by atoms with Crippen LogP contribution in [0.3, 0.4) is 0 Å². The number of amides is 3. The summed E-state index contributed by atoms with van der Waals surface area (Å²) in [4.78, 5) is 36.6. The minimum Gasteiger partial charge on any atom is -0.310 e. The van der Waals surface area contributed by atoms with E-state index in [0.717, 1.165) is 5.56 Å². The molecule has 2 aromatic carbocycles. The van der Waals surface area contributed by atoms with Gasteiger partial charge in [-0.3, -0.25) is 9.69 Å². The number of anilines is 1. The summed E-state index contributed by atoms with van der Waals surface area (Å²) in [6.45, 7) is 1.60. The number of hydrogen-bond donors (Lipinski definition) is 0. The maximum Gasteiger partial charge on any atom is 0.332 e. The van der Waals surface area contributed by atoms with Crippen LogP contribution in [0.25, 0.3) is 9.75 Å². The van der Waals surface area contributed by atoms with E-state index in [1.54, 1.807) is 65.0 Å². The van der Waals surface area contributed by atoms with Gasteiger partial charge in [0.15, 0.2) is 0 Å². The molecule has 0 aliphatic carbocycles. The lowest BCUT2D eigenvalue weighted by atomic mass is 9.80. The molecule has 2 unspecified atom stereocenters. The highest BCUT2D eigenvalue weighted by atomic mass is 35.5. The maximum absolute atomic E-state index is 14.3. The van der Waals surface area contributed by atoms with Crippen LogP contribution in [0.2, 0.25) is 10.0 Å². The van der Waals surface area contributed by atoms with Gasteiger partial charge in [0.25, 0.3) is 5.91 Å². The van der Waals surface area contributed by atoms with Crippen LogP contribution >= 0.6 is 45.9 Å². The molecule has 39 heavy (non-hydrogen) atoms. The largest absolute Gasteiger partial charge is 0.332 e. The van der Waals surface area contributed by atoms with Gasteiger partial charge in [0.1, 0.15) is 5.54 Å². The lowest BCUT2D eigenvalue weighted by Gasteiger charge is -2.34. The van der Waals surface area contributed by atoms with E-state index in [0.29, 0.717) is 40.9 Å². The lowest BCUT2D eigenvalue weighted by molar-refractivity contribution is -0.124. The molecule has 2 saturated heterocycles. The highest BCUT2D eigenvalue weighted by molar-refractivity contribution is 7.21. The number of likely N-dealkylation sites (tertiary alicyclic amines) is 1. The predicted molar refractivity (Wildman–Crippen MR) is 157 cm³/mol. The van der Waals surface area contributed by atoms with Crippen LogP contribution in [-0.4, -0.2) is 47.4 Å². The Hall–Kier alpha value is -3.19. The minimum absolute atomic E-state index is 0.303. The summed E-state index contributed by atoms with van der Waals surface area (Å²) >= 11 is 15.9. The molecule has 4 aromatic rings. The van der Waals surface area contributed by atoms with Crippen LogP contribution in [-0.2, 0) is 11.3 Å². The number of nitrogens with zero attached hydrogens (tertiary/aromatic N) is 4. The molecular formula is C29H22Cl2N4O2S2. The van der Waals surface area contributed by atoms with Gasteiger partial charge in [0.2, 0.25) is 0 Å². The number of nitriles is 1. The van der Waals surface area contributed by atoms with Crippen LogP contribution in [0, 0.1) is 11.3 Å². The Morgan fingerprint density at radius 1 is 1.03 bits per heavy atom. The highest BCUT2D eigenvalue weighted by Gasteiger charge is 2.64. The van der Waals surface area contributed by atoms with E-state index in [9.17, 15) is 14.9 Å². The normalized spacial score (nSPS) is 21.3. The van der Waals surface area contributed by atoms with Crippen LogP contribution in [0.1, 0.15) is 21.9 Å². The average molecular weight is 594 g/mol. The van der Waals surface area contributed by atoms with Gasteiger partial charge in [-0.1, -0.05) is 41.4 Å². The first kappa shape index (κ1) is 26.1. The van der Waals surface area contributed by atoms with E-state index < -0.39 is 11.6 Å². The van der Waals surface area contributed by atoms with Gasteiger partial charge in [-0.2, -0.15) is 5.26 Å². The summed E-state index contributed by atoms with van der Waals surface area (Å²) in [6, 6.07) is 22.2. The zero-order valence-corrected chi connectivity index (χ0v) is 23.9. The van der Waals surface area contributed by atoms with Gasteiger partial charge in [0.05, 0.1) is 17.3 Å². The fourth-order valence-corrected chi connectivity index (χ4v) is 8.05. The van der Waals surface area contributed by atoms with E-state index in [1.165, 1.54) is 19.5 Å². The van der Waals surface area contributed by atoms with Gasteiger partial charge in [-0.25, -0.2) is 9.69 Å². The predicted octanol–water partition coefficient (Wildman–Crippen LogP) is 7.09. The smallest absolute Gasteiger partial charge is 0.310 e. The van der Waals surface area contributed by atoms with E-state index >= 15 is 0 Å². The summed E-state index contributed by atoms with van der Waals surface area (Å²) in [6.07, 6.45) is 0. The summed E-state index contributed by atoms with van der Waals surface area (Å²) in [5.74, 6) is -0.612. The first-order valence-electron chi connectivity index (χ1n) is 12.2. The molecular weight excluding hydrogens is 571 g/mol. The minimum atomic E-state index is -1.13. The second kappa shape index (κ2) is 10.1. The monoisotopic (exact) mass is 592 g/mol. The van der Waals surface area contributed by atoms with Crippen molar-refractivity contribution < 1.29 is 9.59 Å². The highest BCUT2D eigenvalue weighted by Crippen LogP contribution is 2.47. The van der Waals surface area contributed by atoms with Gasteiger partial charge in [-0.15, -0.1) is 22.7 Å². The van der Waals surface area contributed by atoms with Crippen molar-refractivity contribution in [3.05, 3.63) is 98.2 Å². The molecule has 2 aliphatic rings. The number of benzene rings is 2. The molecule has 0 saturated carbocycles. The first-order chi connectivity index (χ1) is 18.8. The Kier molecular flexibility index (Phi) is 6.74. The fraction of sp³-hybridized carbons (Fsp3) is 0.207. The molecule has 2 aliphatic heterocycles. The molecule has 6 rings (SSSR count). The summed E-state index contributed by atoms with van der Waals surface area (Å²) < 4.78 is 0. The standard InChI is InChI=1S/C29H22Cl2N4O2S2/c1-33-28(37)35(22-12-20(30)11-21(31)13-22)27(36)29(33)17-34(16-24(29)19-6-4-18(14-32)5-7-19)15-23-8-9-26(39-23)25-3-2-10-38-25/h2-13,24H,15-17H2,1H3. The second-order valence-corrected chi connectivity index (χ2v) is 12.7. The molecule has 0 bridgehead atoms. The zero-order valence-electron chi connectivity index (χ0n) is 20.8. The van der Waals surface area contributed by atoms with Crippen molar-refractivity contribution in [3.8, 4) is 15.8 Å². The third kappa shape index (κ3) is 4.45. The van der Waals surface area contributed by atoms with Crippen molar-refractivity contribution in [2.75, 3.05) is 25.0 Å². The number of carbonyl (C=O) groups excluding carboxylic acids is 2. The Labute approximate surface area is 244 Å². The fourth-order valence-electron chi connectivity index (χ4n) is 5.65. The number of hydrogen-bond acceptors (Lipinski definition) is 6. The summed E-state index contributed by atoms with van der Waals surface area (Å²) in [7, 11) is 1.69. The Morgan fingerprint density at radius 2 is 1.77 bits per heavy atom. The lowest BCUT2D eigenvalue weighted by Crippen LogP contribution is -2.53. The van der Waals surface area contributed by atoms with Crippen molar-refractivity contribution >= 4 is 63.5 Å². The number of carbonyl (C=O) groups is 2. The third-order valence-electron chi connectivity index (χ3n) is 7.48. The van der Waals surface area contributed by atoms with Crippen LogP contribution in [0.5, 0.6) is 0 Å². The first-order valence-corrected chi connectivity index (χ1v) is 14.7. The van der Waals surface area contributed by atoms with Crippen LogP contribution in [0.4, 0.5) is 10.5 Å². The van der Waals surface area contributed by atoms with Crippen molar-refractivity contribution in [1.82, 2.24) is 9.80 Å². The number of thiophene rings is 2. The van der Waals surface area contributed by atoms with Gasteiger partial charge >= 0.3 is 6.03 Å². The van der Waals surface area contributed by atoms with E-state index in [1.807, 2.05) is 18.2 Å². The number of imide groups is 1. The summed E-state index contributed by atoms with van der Waals surface area (Å²) in [5, 5.41) is 12.1. The topological polar surface area (TPSA) is 67.7 Å². The van der Waals surface area contributed by atoms with Crippen LogP contribution < -0.4 is 4.90 Å². The number of urea groups is 1. The molecule has 0 N–H and O–H groups in total. The number of halogens is 2. The van der Waals surface area contributed by atoms with Crippen molar-refractivity contribution in [3.63, 3.8) is 0 Å². The number of likely N-dealkylation sites (N-methyl/N-ethyl adjacent to an activating group) is 1. The average Bonchev–Trinajstić information content (AvgIpc) is 3.70. The van der Waals surface area contributed by atoms with E-state index in [2.05, 4.69) is 34.5 Å². The van der Waals surface area contributed by atoms with Crippen molar-refractivity contribution in [1.29, 1.82) is 5.26 Å². The Balaban J connectivity index is 1.38. The molecule has 2 aromatic heterocycles. The molecule has 6 nitrogen and oxygen atoms in total. The van der Waals surface area contributed by atoms with E-state index in [4.69, 9.17) is 23.2 Å². The molecule has 196 valence electrons. The third-order valence-corrected chi connectivity index (χ3v) is 10.1. The Bertz CT molecular complexity index is 1590. The molecule has 3 amide bonds. The molecule has 4 heterocycles. The van der Waals surface area contributed by atoms with Gasteiger partial charge in [-0.05, 0) is 59.5 Å². The molecule has 2 fully saturated rings. The van der Waals surface area contributed by atoms with Crippen molar-refractivity contribution in [2.24, 2.45) is 0 Å². The molecule has 1 spiro atoms. The zero-order chi connectivity index (χ0) is 27.3. The second-order valence-electron chi connectivity index (χ2n) is 9.73. The molecule has 2 atom stereocenters. The summed E-state index contributed by atoms with van der Waals surface area (Å²) in [5.41, 5.74) is 0.663. The number of rotatable bonds is 5. The maximum atomic E-state index is 14.3.